The quantitative estimate of drug-likeness (QED) is 0.196. The van der Waals surface area contributed by atoms with Crippen LogP contribution >= 0.6 is 0 Å². The lowest BCUT2D eigenvalue weighted by atomic mass is 9.94. The number of hydrogen-bond donors (Lipinski definition) is 1. The number of alkyl halides is 1. The highest BCUT2D eigenvalue weighted by Crippen LogP contribution is 2.39. The van der Waals surface area contributed by atoms with Gasteiger partial charge in [0.25, 0.3) is 0 Å². The predicted octanol–water partition coefficient (Wildman–Crippen LogP) is 8.23. The van der Waals surface area contributed by atoms with Gasteiger partial charge in [0.1, 0.15) is 23.0 Å². The maximum absolute atomic E-state index is 9.96. The molecule has 1 N–H and O–H groups in total. The highest BCUT2D eigenvalue weighted by Gasteiger charge is 2.19. The molecular weight excluding hydrogens is 559 g/mol. The van der Waals surface area contributed by atoms with E-state index >= 15 is 0 Å². The van der Waals surface area contributed by atoms with Crippen molar-refractivity contribution in [2.75, 3.05) is 48.8 Å². The fourth-order valence-electron chi connectivity index (χ4n) is 5.56. The average molecular weight is 616 g/mol. The van der Waals surface area contributed by atoms with Gasteiger partial charge in [-0.2, -0.15) is 0 Å². The van der Waals surface area contributed by atoms with Gasteiger partial charge in [-0.1, -0.05) is 29.8 Å². The molecule has 246 valence electrons. The Hall–Kier alpha value is -3.29. The topological polar surface area (TPSA) is 66.4 Å². The van der Waals surface area contributed by atoms with Crippen LogP contribution in [0.25, 0.3) is 0 Å². The highest BCUT2D eigenvalue weighted by molar-refractivity contribution is 5.59. The van der Waals surface area contributed by atoms with E-state index in [0.29, 0.717) is 6.61 Å². The first-order valence-electron chi connectivity index (χ1n) is 15.7. The number of benzene rings is 3. The average Bonchev–Trinajstić information content (AvgIpc) is 3.02. The van der Waals surface area contributed by atoms with E-state index in [1.165, 1.54) is 22.3 Å². The van der Waals surface area contributed by atoms with E-state index in [1.807, 2.05) is 20.8 Å². The highest BCUT2D eigenvalue weighted by atomic mass is 19.1. The Kier molecular flexibility index (Phi) is 16.7. The smallest absolute Gasteiger partial charge is 0.125 e. The van der Waals surface area contributed by atoms with Gasteiger partial charge in [-0.25, -0.2) is 0 Å². The summed E-state index contributed by atoms with van der Waals surface area (Å²) in [5.74, 6) is 3.80. The number of aryl methyl sites for hydroxylation is 1. The number of rotatable bonds is 13. The molecule has 0 unspecified atom stereocenters. The van der Waals surface area contributed by atoms with Crippen LogP contribution in [0.5, 0.6) is 23.0 Å². The van der Waals surface area contributed by atoms with Crippen molar-refractivity contribution in [3.05, 3.63) is 79.9 Å². The van der Waals surface area contributed by atoms with Crippen molar-refractivity contribution < 1.29 is 34.6 Å². The van der Waals surface area contributed by atoms with Gasteiger partial charge in [-0.3, -0.25) is 4.39 Å². The molecule has 0 spiro atoms. The van der Waals surface area contributed by atoms with Crippen molar-refractivity contribution in [1.29, 1.82) is 0 Å². The number of halogens is 1. The molecule has 3 aromatic carbocycles. The van der Waals surface area contributed by atoms with Crippen LogP contribution in [-0.2, 0) is 24.2 Å². The maximum Gasteiger partial charge on any atom is 0.125 e. The Bertz CT molecular complexity index is 1320. The van der Waals surface area contributed by atoms with Crippen LogP contribution in [0.2, 0.25) is 0 Å². The third kappa shape index (κ3) is 9.86. The molecule has 0 aliphatic rings. The van der Waals surface area contributed by atoms with Gasteiger partial charge in [-0.15, -0.1) is 0 Å². The van der Waals surface area contributed by atoms with Crippen LogP contribution in [0.1, 0.15) is 69.8 Å². The summed E-state index contributed by atoms with van der Waals surface area (Å²) in [6.07, 6.45) is 3.42. The van der Waals surface area contributed by atoms with Crippen molar-refractivity contribution in [3.63, 3.8) is 0 Å². The molecule has 0 radical (unpaired) electrons. The third-order valence-corrected chi connectivity index (χ3v) is 8.13. The van der Waals surface area contributed by atoms with E-state index in [2.05, 4.69) is 52.0 Å². The fraction of sp³-hybridized carbons (Fsp3) is 0.514. The van der Waals surface area contributed by atoms with Gasteiger partial charge in [0.2, 0.25) is 0 Å². The van der Waals surface area contributed by atoms with E-state index in [-0.39, 0.29) is 6.61 Å². The first kappa shape index (κ1) is 36.9. The van der Waals surface area contributed by atoms with E-state index in [9.17, 15) is 4.39 Å². The van der Waals surface area contributed by atoms with Crippen molar-refractivity contribution in [1.82, 2.24) is 0 Å². The molecule has 0 saturated carbocycles. The minimum Gasteiger partial charge on any atom is -0.496 e. The molecule has 3 aromatic rings. The number of ether oxygens (including phenoxy) is 5. The van der Waals surface area contributed by atoms with E-state index in [1.54, 1.807) is 28.4 Å². The fourth-order valence-corrected chi connectivity index (χ4v) is 5.56. The SMILES string of the molecule is COc1c(C)c(C)c(OC)c(CCCO)c1C.COc1c(C)c(C)c(OC)c(CCCOCc2ccc(C)cc2)c1C.[2H]CF. The lowest BCUT2D eigenvalue weighted by Gasteiger charge is -2.20. The summed E-state index contributed by atoms with van der Waals surface area (Å²) >= 11 is 0. The minimum absolute atomic E-state index is 0.192. The van der Waals surface area contributed by atoms with Crippen LogP contribution in [0.4, 0.5) is 4.39 Å². The van der Waals surface area contributed by atoms with E-state index in [4.69, 9.17) is 30.2 Å². The Balaban J connectivity index is 0.000000440. The second-order valence-corrected chi connectivity index (χ2v) is 10.8. The van der Waals surface area contributed by atoms with Crippen LogP contribution < -0.4 is 18.9 Å². The maximum atomic E-state index is 9.96. The van der Waals surface area contributed by atoms with Gasteiger partial charge in [0.05, 0.1) is 43.6 Å². The number of aliphatic hydroxyl groups excluding tert-OH is 1. The summed E-state index contributed by atoms with van der Waals surface area (Å²) in [5.41, 5.74) is 11.7. The zero-order valence-corrected chi connectivity index (χ0v) is 28.8. The summed E-state index contributed by atoms with van der Waals surface area (Å²) < 4.78 is 43.6. The molecule has 0 aromatic heterocycles. The molecule has 3 rings (SSSR count). The monoisotopic (exact) mass is 615 g/mol. The van der Waals surface area contributed by atoms with Gasteiger partial charge in [0, 0.05) is 24.3 Å². The van der Waals surface area contributed by atoms with Crippen molar-refractivity contribution in [2.24, 2.45) is 0 Å². The summed E-state index contributed by atoms with van der Waals surface area (Å²) in [4.78, 5) is 0. The van der Waals surface area contributed by atoms with Crippen molar-refractivity contribution in [2.45, 2.75) is 80.8 Å². The molecule has 0 amide bonds. The molecular formula is C37H55FO6. The molecule has 0 heterocycles. The van der Waals surface area contributed by atoms with Gasteiger partial charge >= 0.3 is 0 Å². The summed E-state index contributed by atoms with van der Waals surface area (Å²) in [5, 5.41) is 8.96. The largest absolute Gasteiger partial charge is 0.496 e. The lowest BCUT2D eigenvalue weighted by Crippen LogP contribution is -2.05. The zero-order chi connectivity index (χ0) is 34.1. The number of methoxy groups -OCH3 is 4. The molecule has 7 heteroatoms. The molecule has 0 aliphatic heterocycles. The molecule has 0 bridgehead atoms. The predicted molar refractivity (Wildman–Crippen MR) is 179 cm³/mol. The summed E-state index contributed by atoms with van der Waals surface area (Å²) in [7, 11) is 5.86. The first-order chi connectivity index (χ1) is 21.5. The second kappa shape index (κ2) is 19.9. The van der Waals surface area contributed by atoms with Gasteiger partial charge < -0.3 is 28.8 Å². The van der Waals surface area contributed by atoms with Crippen LogP contribution in [-0.4, -0.2) is 53.9 Å². The van der Waals surface area contributed by atoms with Crippen LogP contribution in [0.3, 0.4) is 0 Å². The van der Waals surface area contributed by atoms with E-state index < -0.39 is 7.15 Å². The minimum atomic E-state index is -1.00. The Morgan fingerprint density at radius 1 is 0.614 bits per heavy atom. The van der Waals surface area contributed by atoms with Crippen LogP contribution in [0.15, 0.2) is 24.3 Å². The number of aliphatic hydroxyl groups is 1. The molecule has 0 atom stereocenters. The molecule has 6 nitrogen and oxygen atoms in total. The standard InChI is InChI=1S/C22H30O3.C14H22O3.CH3F/c1-15-9-11-19(12-10-15)14-25-13-7-8-20-18(4)21(23-5)16(2)17(3)22(20)24-6;1-9-10(2)14(17-5)12(7-6-8-15)11(3)13(9)16-4;1-2/h9-12H,7-8,13-14H2,1-6H3;15H,6-8H2,1-5H3;1H3/i;;1D. The Morgan fingerprint density at radius 3 is 1.39 bits per heavy atom. The number of hydrogen-bond acceptors (Lipinski definition) is 6. The van der Waals surface area contributed by atoms with Crippen LogP contribution in [0, 0.1) is 48.5 Å². The molecule has 44 heavy (non-hydrogen) atoms. The summed E-state index contributed by atoms with van der Waals surface area (Å²) in [6, 6.07) is 8.48. The van der Waals surface area contributed by atoms with Crippen molar-refractivity contribution in [3.8, 4) is 23.0 Å². The van der Waals surface area contributed by atoms with Crippen molar-refractivity contribution >= 4 is 0 Å². The molecule has 0 saturated heterocycles. The first-order valence-corrected chi connectivity index (χ1v) is 15.0. The van der Waals surface area contributed by atoms with Gasteiger partial charge in [0.15, 0.2) is 0 Å². The Labute approximate surface area is 266 Å². The normalized spacial score (nSPS) is 10.6. The Morgan fingerprint density at radius 2 is 1.00 bits per heavy atom. The van der Waals surface area contributed by atoms with E-state index in [0.717, 1.165) is 88.7 Å². The lowest BCUT2D eigenvalue weighted by molar-refractivity contribution is 0.118. The zero-order valence-electron chi connectivity index (χ0n) is 29.8. The van der Waals surface area contributed by atoms with Gasteiger partial charge in [-0.05, 0) is 113 Å². The molecule has 0 aliphatic carbocycles. The third-order valence-electron chi connectivity index (χ3n) is 8.13. The summed E-state index contributed by atoms with van der Waals surface area (Å²) in [6.45, 7) is 16.1. The molecule has 0 fully saturated rings. The second-order valence-electron chi connectivity index (χ2n) is 10.8.